The molecule has 0 aliphatic rings. The maximum absolute atomic E-state index is 5.52. The Morgan fingerprint density at radius 1 is 1.20 bits per heavy atom. The van der Waals surface area contributed by atoms with Gasteiger partial charge in [-0.3, -0.25) is 4.90 Å². The van der Waals surface area contributed by atoms with Gasteiger partial charge in [-0.2, -0.15) is 0 Å². The van der Waals surface area contributed by atoms with Crippen molar-refractivity contribution >= 4 is 0 Å². The standard InChI is InChI=1S/C17H30N2O/c1-6-14(4)19(8-3)13-16(18-7-2)15-11-9-10-12-17(15)20-5/h9-12,14,16,18H,6-8,13H2,1-5H3. The fourth-order valence-corrected chi connectivity index (χ4v) is 2.59. The second-order valence-corrected chi connectivity index (χ2v) is 5.20. The number of methoxy groups -OCH3 is 1. The van der Waals surface area contributed by atoms with E-state index in [1.54, 1.807) is 7.11 Å². The Labute approximate surface area is 124 Å². The third-order valence-corrected chi connectivity index (χ3v) is 4.00. The number of nitrogens with zero attached hydrogens (tertiary/aromatic N) is 1. The van der Waals surface area contributed by atoms with Crippen molar-refractivity contribution in [1.29, 1.82) is 0 Å². The Hall–Kier alpha value is -1.06. The summed E-state index contributed by atoms with van der Waals surface area (Å²) in [6, 6.07) is 9.23. The van der Waals surface area contributed by atoms with E-state index in [0.717, 1.165) is 25.4 Å². The fraction of sp³-hybridized carbons (Fsp3) is 0.647. The lowest BCUT2D eigenvalue weighted by Gasteiger charge is -2.32. The SMILES string of the molecule is CCNC(CN(CC)C(C)CC)c1ccccc1OC. The van der Waals surface area contributed by atoms with Crippen LogP contribution >= 0.6 is 0 Å². The van der Waals surface area contributed by atoms with Crippen LogP contribution in [0.15, 0.2) is 24.3 Å². The molecule has 0 aliphatic carbocycles. The highest BCUT2D eigenvalue weighted by Crippen LogP contribution is 2.26. The Morgan fingerprint density at radius 2 is 1.90 bits per heavy atom. The normalized spacial score (nSPS) is 14.3. The number of ether oxygens (including phenoxy) is 1. The van der Waals surface area contributed by atoms with Crippen LogP contribution in [0.2, 0.25) is 0 Å². The molecule has 0 aromatic heterocycles. The van der Waals surface area contributed by atoms with Crippen LogP contribution in [-0.2, 0) is 0 Å². The zero-order valence-electron chi connectivity index (χ0n) is 13.6. The number of likely N-dealkylation sites (N-methyl/N-ethyl adjacent to an activating group) is 2. The third kappa shape index (κ3) is 4.50. The van der Waals surface area contributed by atoms with E-state index in [2.05, 4.69) is 50.0 Å². The predicted molar refractivity (Wildman–Crippen MR) is 86.4 cm³/mol. The number of nitrogens with one attached hydrogen (secondary N) is 1. The van der Waals surface area contributed by atoms with E-state index in [1.807, 2.05) is 12.1 Å². The van der Waals surface area contributed by atoms with Gasteiger partial charge in [0, 0.05) is 24.2 Å². The molecule has 20 heavy (non-hydrogen) atoms. The predicted octanol–water partition coefficient (Wildman–Crippen LogP) is 3.47. The minimum atomic E-state index is 0.310. The summed E-state index contributed by atoms with van der Waals surface area (Å²) >= 11 is 0. The molecule has 0 heterocycles. The molecule has 114 valence electrons. The maximum atomic E-state index is 5.52. The molecule has 0 spiro atoms. The number of hydrogen-bond acceptors (Lipinski definition) is 3. The van der Waals surface area contributed by atoms with Crippen molar-refractivity contribution < 1.29 is 4.74 Å². The molecule has 2 unspecified atom stereocenters. The summed E-state index contributed by atoms with van der Waals surface area (Å²) in [4.78, 5) is 2.53. The zero-order chi connectivity index (χ0) is 15.0. The van der Waals surface area contributed by atoms with Crippen molar-refractivity contribution in [2.45, 2.75) is 46.2 Å². The Bertz CT molecular complexity index is 381. The summed E-state index contributed by atoms with van der Waals surface area (Å²) in [5.74, 6) is 0.971. The van der Waals surface area contributed by atoms with Crippen LogP contribution in [0.4, 0.5) is 0 Å². The van der Waals surface area contributed by atoms with Crippen molar-refractivity contribution in [3.05, 3.63) is 29.8 Å². The van der Waals surface area contributed by atoms with Gasteiger partial charge < -0.3 is 10.1 Å². The first-order valence-corrected chi connectivity index (χ1v) is 7.78. The average molecular weight is 278 g/mol. The van der Waals surface area contributed by atoms with E-state index in [-0.39, 0.29) is 0 Å². The first-order chi connectivity index (χ1) is 9.67. The molecule has 2 atom stereocenters. The highest BCUT2D eigenvalue weighted by molar-refractivity contribution is 5.36. The van der Waals surface area contributed by atoms with Gasteiger partial charge in [0.1, 0.15) is 5.75 Å². The molecule has 0 radical (unpaired) electrons. The molecular weight excluding hydrogens is 248 g/mol. The van der Waals surface area contributed by atoms with Crippen molar-refractivity contribution in [3.63, 3.8) is 0 Å². The molecule has 0 saturated carbocycles. The number of hydrogen-bond donors (Lipinski definition) is 1. The molecule has 1 rings (SSSR count). The number of rotatable bonds is 9. The first-order valence-electron chi connectivity index (χ1n) is 7.78. The first kappa shape index (κ1) is 17.0. The third-order valence-electron chi connectivity index (χ3n) is 4.00. The average Bonchev–Trinajstić information content (AvgIpc) is 2.50. The molecule has 0 aliphatic heterocycles. The van der Waals surface area contributed by atoms with E-state index in [4.69, 9.17) is 4.74 Å². The minimum Gasteiger partial charge on any atom is -0.496 e. The summed E-state index contributed by atoms with van der Waals surface area (Å²) in [6.45, 7) is 12.0. The smallest absolute Gasteiger partial charge is 0.123 e. The second-order valence-electron chi connectivity index (χ2n) is 5.20. The van der Waals surface area contributed by atoms with E-state index in [1.165, 1.54) is 12.0 Å². The van der Waals surface area contributed by atoms with Crippen LogP contribution in [0.1, 0.15) is 45.7 Å². The molecule has 0 fully saturated rings. The molecule has 3 nitrogen and oxygen atoms in total. The molecule has 0 amide bonds. The lowest BCUT2D eigenvalue weighted by Crippen LogP contribution is -2.40. The van der Waals surface area contributed by atoms with Gasteiger partial charge in [0.15, 0.2) is 0 Å². The van der Waals surface area contributed by atoms with Gasteiger partial charge in [-0.1, -0.05) is 39.0 Å². The summed E-state index contributed by atoms with van der Waals surface area (Å²) in [5, 5.41) is 3.60. The van der Waals surface area contributed by atoms with Crippen LogP contribution < -0.4 is 10.1 Å². The van der Waals surface area contributed by atoms with Gasteiger partial charge in [-0.15, -0.1) is 0 Å². The molecule has 1 aromatic rings. The molecule has 1 N–H and O–H groups in total. The van der Waals surface area contributed by atoms with Crippen molar-refractivity contribution in [1.82, 2.24) is 10.2 Å². The van der Waals surface area contributed by atoms with Crippen LogP contribution in [0.25, 0.3) is 0 Å². The number of benzene rings is 1. The van der Waals surface area contributed by atoms with Crippen molar-refractivity contribution in [3.8, 4) is 5.75 Å². The van der Waals surface area contributed by atoms with Gasteiger partial charge in [0.25, 0.3) is 0 Å². The van der Waals surface area contributed by atoms with Crippen LogP contribution in [-0.4, -0.2) is 37.7 Å². The van der Waals surface area contributed by atoms with E-state index < -0.39 is 0 Å². The topological polar surface area (TPSA) is 24.5 Å². The van der Waals surface area contributed by atoms with Gasteiger partial charge in [0.05, 0.1) is 7.11 Å². The monoisotopic (exact) mass is 278 g/mol. The van der Waals surface area contributed by atoms with Crippen molar-refractivity contribution in [2.24, 2.45) is 0 Å². The summed E-state index contributed by atoms with van der Waals surface area (Å²) in [5.41, 5.74) is 1.25. The van der Waals surface area contributed by atoms with Gasteiger partial charge in [0.2, 0.25) is 0 Å². The van der Waals surface area contributed by atoms with Crippen LogP contribution in [0, 0.1) is 0 Å². The lowest BCUT2D eigenvalue weighted by molar-refractivity contribution is 0.191. The van der Waals surface area contributed by atoms with Crippen LogP contribution in [0.3, 0.4) is 0 Å². The van der Waals surface area contributed by atoms with Crippen LogP contribution in [0.5, 0.6) is 5.75 Å². The summed E-state index contributed by atoms with van der Waals surface area (Å²) in [7, 11) is 1.74. The molecule has 1 aromatic carbocycles. The highest BCUT2D eigenvalue weighted by atomic mass is 16.5. The lowest BCUT2D eigenvalue weighted by atomic mass is 10.0. The molecule has 0 saturated heterocycles. The number of para-hydroxylation sites is 1. The Kier molecular flexibility index (Phi) is 7.63. The maximum Gasteiger partial charge on any atom is 0.123 e. The van der Waals surface area contributed by atoms with Gasteiger partial charge in [-0.05, 0) is 32.5 Å². The second kappa shape index (κ2) is 8.98. The molecule has 3 heteroatoms. The Morgan fingerprint density at radius 3 is 2.45 bits per heavy atom. The fourth-order valence-electron chi connectivity index (χ4n) is 2.59. The van der Waals surface area contributed by atoms with Gasteiger partial charge in [-0.25, -0.2) is 0 Å². The largest absolute Gasteiger partial charge is 0.496 e. The highest BCUT2D eigenvalue weighted by Gasteiger charge is 2.20. The van der Waals surface area contributed by atoms with Crippen molar-refractivity contribution in [2.75, 3.05) is 26.7 Å². The minimum absolute atomic E-state index is 0.310. The summed E-state index contributed by atoms with van der Waals surface area (Å²) in [6.07, 6.45) is 1.18. The van der Waals surface area contributed by atoms with E-state index in [0.29, 0.717) is 12.1 Å². The Balaban J connectivity index is 2.92. The molecule has 0 bridgehead atoms. The summed E-state index contributed by atoms with van der Waals surface area (Å²) < 4.78 is 5.52. The van der Waals surface area contributed by atoms with E-state index >= 15 is 0 Å². The quantitative estimate of drug-likeness (QED) is 0.748. The van der Waals surface area contributed by atoms with Gasteiger partial charge >= 0.3 is 0 Å². The molecular formula is C17H30N2O. The zero-order valence-corrected chi connectivity index (χ0v) is 13.6. The van der Waals surface area contributed by atoms with E-state index in [9.17, 15) is 0 Å².